The predicted molar refractivity (Wildman–Crippen MR) is 77.7 cm³/mol. The molecule has 4 heteroatoms. The van der Waals surface area contributed by atoms with Crippen LogP contribution in [0.1, 0.15) is 43.9 Å². The summed E-state index contributed by atoms with van der Waals surface area (Å²) in [4.78, 5) is 14.0. The van der Waals surface area contributed by atoms with E-state index >= 15 is 0 Å². The second-order valence-corrected chi connectivity index (χ2v) is 5.40. The third kappa shape index (κ3) is 3.51. The van der Waals surface area contributed by atoms with Crippen molar-refractivity contribution in [3.8, 4) is 5.75 Å². The van der Waals surface area contributed by atoms with E-state index in [2.05, 4.69) is 0 Å². The lowest BCUT2D eigenvalue weighted by Crippen LogP contribution is -2.36. The molecule has 20 heavy (non-hydrogen) atoms. The van der Waals surface area contributed by atoms with Crippen LogP contribution in [-0.4, -0.2) is 35.1 Å². The molecule has 0 radical (unpaired) electrons. The van der Waals surface area contributed by atoms with Crippen molar-refractivity contribution in [3.05, 3.63) is 29.3 Å². The van der Waals surface area contributed by atoms with Gasteiger partial charge in [0.05, 0.1) is 6.10 Å². The molecule has 1 fully saturated rings. The Labute approximate surface area is 120 Å². The van der Waals surface area contributed by atoms with E-state index in [9.17, 15) is 9.90 Å². The van der Waals surface area contributed by atoms with Crippen molar-refractivity contribution in [2.75, 3.05) is 13.2 Å². The molecule has 2 rings (SSSR count). The average molecular weight is 277 g/mol. The van der Waals surface area contributed by atoms with Crippen molar-refractivity contribution in [3.63, 3.8) is 0 Å². The lowest BCUT2D eigenvalue weighted by Gasteiger charge is -2.20. The number of carbonyl (C=O) groups excluding carboxylic acids is 1. The van der Waals surface area contributed by atoms with E-state index < -0.39 is 6.10 Å². The second-order valence-electron chi connectivity index (χ2n) is 5.40. The highest BCUT2D eigenvalue weighted by molar-refractivity contribution is 5.78. The number of hydrogen-bond acceptors (Lipinski definition) is 3. The molecular formula is C16H23NO3. The molecule has 1 atom stereocenters. The molecule has 1 aromatic carbocycles. The highest BCUT2D eigenvalue weighted by Gasteiger charge is 2.31. The van der Waals surface area contributed by atoms with E-state index in [1.807, 2.05) is 36.9 Å². The van der Waals surface area contributed by atoms with Crippen LogP contribution in [0.4, 0.5) is 0 Å². The Kier molecular flexibility index (Phi) is 4.65. The standard InChI is InChI=1S/C16H23NO3/c1-4-17(14-6-7-14)16(19)10-20-15-8-5-13(12(3)18)9-11(15)2/h5,8-9,12,14,18H,4,6-7,10H2,1-3H3/t12-/m1/s1. The molecule has 4 nitrogen and oxygen atoms in total. The lowest BCUT2D eigenvalue weighted by atomic mass is 10.1. The van der Waals surface area contributed by atoms with Crippen LogP contribution in [0.3, 0.4) is 0 Å². The van der Waals surface area contributed by atoms with Gasteiger partial charge in [-0.1, -0.05) is 6.07 Å². The number of nitrogens with zero attached hydrogens (tertiary/aromatic N) is 1. The topological polar surface area (TPSA) is 49.8 Å². The highest BCUT2D eigenvalue weighted by atomic mass is 16.5. The summed E-state index contributed by atoms with van der Waals surface area (Å²) in [5.74, 6) is 0.753. The molecule has 0 aliphatic heterocycles. The minimum atomic E-state index is -0.491. The summed E-state index contributed by atoms with van der Waals surface area (Å²) in [5.41, 5.74) is 1.79. The molecule has 0 spiro atoms. The van der Waals surface area contributed by atoms with Crippen molar-refractivity contribution in [2.24, 2.45) is 0 Å². The Morgan fingerprint density at radius 1 is 1.50 bits per heavy atom. The Balaban J connectivity index is 1.95. The zero-order valence-electron chi connectivity index (χ0n) is 12.4. The van der Waals surface area contributed by atoms with Gasteiger partial charge in [-0.3, -0.25) is 4.79 Å². The van der Waals surface area contributed by atoms with Gasteiger partial charge in [0.15, 0.2) is 6.61 Å². The zero-order valence-corrected chi connectivity index (χ0v) is 12.4. The number of ether oxygens (including phenoxy) is 1. The quantitative estimate of drug-likeness (QED) is 0.869. The maximum atomic E-state index is 12.1. The minimum absolute atomic E-state index is 0.0500. The van der Waals surface area contributed by atoms with Gasteiger partial charge in [-0.25, -0.2) is 0 Å². The van der Waals surface area contributed by atoms with Gasteiger partial charge in [0.25, 0.3) is 5.91 Å². The Bertz CT molecular complexity index is 481. The van der Waals surface area contributed by atoms with E-state index in [0.29, 0.717) is 11.8 Å². The fraction of sp³-hybridized carbons (Fsp3) is 0.562. The molecule has 0 heterocycles. The van der Waals surface area contributed by atoms with E-state index in [1.54, 1.807) is 6.92 Å². The van der Waals surface area contributed by atoms with Crippen molar-refractivity contribution in [1.29, 1.82) is 0 Å². The zero-order chi connectivity index (χ0) is 14.7. The molecular weight excluding hydrogens is 254 g/mol. The fourth-order valence-corrected chi connectivity index (χ4v) is 2.34. The number of aliphatic hydroxyl groups is 1. The van der Waals surface area contributed by atoms with Crippen molar-refractivity contribution in [1.82, 2.24) is 4.90 Å². The highest BCUT2D eigenvalue weighted by Crippen LogP contribution is 2.27. The third-order valence-corrected chi connectivity index (χ3v) is 3.68. The molecule has 0 bridgehead atoms. The largest absolute Gasteiger partial charge is 0.484 e. The fourth-order valence-electron chi connectivity index (χ4n) is 2.34. The van der Waals surface area contributed by atoms with Crippen LogP contribution in [0.25, 0.3) is 0 Å². The van der Waals surface area contributed by atoms with Gasteiger partial charge in [0, 0.05) is 12.6 Å². The van der Waals surface area contributed by atoms with E-state index in [0.717, 1.165) is 30.5 Å². The number of benzene rings is 1. The minimum Gasteiger partial charge on any atom is -0.484 e. The van der Waals surface area contributed by atoms with Gasteiger partial charge in [0.1, 0.15) is 5.75 Å². The van der Waals surface area contributed by atoms with Crippen molar-refractivity contribution < 1.29 is 14.6 Å². The van der Waals surface area contributed by atoms with Gasteiger partial charge in [0.2, 0.25) is 0 Å². The maximum absolute atomic E-state index is 12.1. The Morgan fingerprint density at radius 3 is 2.70 bits per heavy atom. The SMILES string of the molecule is CCN(C(=O)COc1ccc([C@@H](C)O)cc1C)C1CC1. The smallest absolute Gasteiger partial charge is 0.260 e. The number of carbonyl (C=O) groups is 1. The second kappa shape index (κ2) is 6.27. The number of aryl methyl sites for hydroxylation is 1. The van der Waals surface area contributed by atoms with E-state index in [1.165, 1.54) is 0 Å². The van der Waals surface area contributed by atoms with E-state index in [4.69, 9.17) is 4.74 Å². The number of likely N-dealkylation sites (N-methyl/N-ethyl adjacent to an activating group) is 1. The van der Waals surface area contributed by atoms with Gasteiger partial charge in [-0.05, 0) is 56.9 Å². The normalized spacial score (nSPS) is 15.8. The summed E-state index contributed by atoms with van der Waals surface area (Å²) < 4.78 is 5.62. The summed E-state index contributed by atoms with van der Waals surface area (Å²) in [5, 5.41) is 9.53. The van der Waals surface area contributed by atoms with Crippen LogP contribution in [0.15, 0.2) is 18.2 Å². The molecule has 1 saturated carbocycles. The van der Waals surface area contributed by atoms with E-state index in [-0.39, 0.29) is 12.5 Å². The van der Waals surface area contributed by atoms with Crippen LogP contribution < -0.4 is 4.74 Å². The Hall–Kier alpha value is -1.55. The molecule has 1 aliphatic carbocycles. The summed E-state index contributed by atoms with van der Waals surface area (Å²) in [6.45, 7) is 6.47. The number of rotatable bonds is 6. The van der Waals surface area contributed by atoms with Gasteiger partial charge in [-0.2, -0.15) is 0 Å². The number of hydrogen-bond donors (Lipinski definition) is 1. The van der Waals surface area contributed by atoms with Crippen LogP contribution in [0.2, 0.25) is 0 Å². The first-order valence-corrected chi connectivity index (χ1v) is 7.23. The first-order chi connectivity index (χ1) is 9.52. The molecule has 0 aromatic heterocycles. The van der Waals surface area contributed by atoms with Crippen molar-refractivity contribution in [2.45, 2.75) is 45.8 Å². The summed E-state index contributed by atoms with van der Waals surface area (Å²) in [6.07, 6.45) is 1.73. The molecule has 1 amide bonds. The molecule has 1 aliphatic rings. The predicted octanol–water partition coefficient (Wildman–Crippen LogP) is 2.44. The molecule has 110 valence electrons. The van der Waals surface area contributed by atoms with Crippen LogP contribution >= 0.6 is 0 Å². The first kappa shape index (κ1) is 14.9. The monoisotopic (exact) mass is 277 g/mol. The lowest BCUT2D eigenvalue weighted by molar-refractivity contribution is -0.133. The van der Waals surface area contributed by atoms with Crippen LogP contribution in [0.5, 0.6) is 5.75 Å². The third-order valence-electron chi connectivity index (χ3n) is 3.68. The van der Waals surface area contributed by atoms with Crippen LogP contribution in [0, 0.1) is 6.92 Å². The number of aliphatic hydroxyl groups excluding tert-OH is 1. The summed E-state index contributed by atoms with van der Waals surface area (Å²) in [7, 11) is 0. The van der Waals surface area contributed by atoms with Crippen molar-refractivity contribution >= 4 is 5.91 Å². The molecule has 1 aromatic rings. The summed E-state index contributed by atoms with van der Waals surface area (Å²) >= 11 is 0. The average Bonchev–Trinajstić information content (AvgIpc) is 3.22. The molecule has 1 N–H and O–H groups in total. The molecule has 0 saturated heterocycles. The van der Waals surface area contributed by atoms with Gasteiger partial charge < -0.3 is 14.7 Å². The number of amides is 1. The van der Waals surface area contributed by atoms with Gasteiger partial charge >= 0.3 is 0 Å². The van der Waals surface area contributed by atoms with Crippen LogP contribution in [-0.2, 0) is 4.79 Å². The first-order valence-electron chi connectivity index (χ1n) is 7.23. The summed E-state index contributed by atoms with van der Waals surface area (Å²) in [6, 6.07) is 5.96. The van der Waals surface area contributed by atoms with Gasteiger partial charge in [-0.15, -0.1) is 0 Å². The Morgan fingerprint density at radius 2 is 2.20 bits per heavy atom. The molecule has 0 unspecified atom stereocenters. The maximum Gasteiger partial charge on any atom is 0.260 e.